The Balaban J connectivity index is 2.01. The second kappa shape index (κ2) is 6.01. The number of hydrogen-bond donors (Lipinski definition) is 0. The number of carbonyl (C=O) groups excluding carboxylic acids is 1. The Hall–Kier alpha value is -2.34. The highest BCUT2D eigenvalue weighted by molar-refractivity contribution is 7.12. The fourth-order valence-corrected chi connectivity index (χ4v) is 2.13. The zero-order valence-electron chi connectivity index (χ0n) is 9.85. The van der Waals surface area contributed by atoms with E-state index in [4.69, 9.17) is 0 Å². The SMILES string of the molecule is O=C(CC=Nc1cccc([N+](=O)[O-])c1)c1cccs1. The molecule has 1 heterocycles. The molecular weight excluding hydrogens is 264 g/mol. The summed E-state index contributed by atoms with van der Waals surface area (Å²) >= 11 is 1.38. The number of rotatable bonds is 5. The van der Waals surface area contributed by atoms with Crippen LogP contribution in [0.4, 0.5) is 11.4 Å². The van der Waals surface area contributed by atoms with Crippen LogP contribution in [0.5, 0.6) is 0 Å². The molecule has 0 fully saturated rings. The molecule has 96 valence electrons. The number of thiophene rings is 1. The van der Waals surface area contributed by atoms with Crippen molar-refractivity contribution in [3.63, 3.8) is 0 Å². The second-order valence-electron chi connectivity index (χ2n) is 3.69. The molecule has 6 heteroatoms. The quantitative estimate of drug-likeness (QED) is 0.361. The molecule has 0 aliphatic carbocycles. The van der Waals surface area contributed by atoms with Gasteiger partial charge in [0.15, 0.2) is 5.78 Å². The molecule has 0 N–H and O–H groups in total. The molecule has 19 heavy (non-hydrogen) atoms. The van der Waals surface area contributed by atoms with E-state index in [0.29, 0.717) is 10.6 Å². The average molecular weight is 274 g/mol. The molecule has 0 saturated carbocycles. The number of carbonyl (C=O) groups is 1. The minimum atomic E-state index is -0.476. The monoisotopic (exact) mass is 274 g/mol. The van der Waals surface area contributed by atoms with Crippen LogP contribution in [-0.2, 0) is 0 Å². The Morgan fingerprint density at radius 3 is 2.89 bits per heavy atom. The van der Waals surface area contributed by atoms with E-state index in [1.165, 1.54) is 29.7 Å². The van der Waals surface area contributed by atoms with Crippen LogP contribution in [0, 0.1) is 10.1 Å². The predicted octanol–water partition coefficient (Wildman–Crippen LogP) is 3.63. The lowest BCUT2D eigenvalue weighted by Crippen LogP contribution is -1.95. The largest absolute Gasteiger partial charge is 0.293 e. The van der Waals surface area contributed by atoms with E-state index >= 15 is 0 Å². The minimum Gasteiger partial charge on any atom is -0.293 e. The van der Waals surface area contributed by atoms with Crippen molar-refractivity contribution in [2.24, 2.45) is 4.99 Å². The molecule has 0 aliphatic heterocycles. The number of ketones is 1. The van der Waals surface area contributed by atoms with Crippen LogP contribution in [0.2, 0.25) is 0 Å². The fraction of sp³-hybridized carbons (Fsp3) is 0.0769. The fourth-order valence-electron chi connectivity index (χ4n) is 1.46. The molecule has 2 rings (SSSR count). The van der Waals surface area contributed by atoms with Gasteiger partial charge in [-0.25, -0.2) is 0 Å². The van der Waals surface area contributed by atoms with Gasteiger partial charge in [-0.2, -0.15) is 0 Å². The van der Waals surface area contributed by atoms with E-state index in [1.807, 2.05) is 11.4 Å². The molecule has 0 saturated heterocycles. The summed E-state index contributed by atoms with van der Waals surface area (Å²) in [5.74, 6) is -0.0100. The number of Topliss-reactive ketones (excluding diaryl/α,β-unsaturated/α-hetero) is 1. The zero-order chi connectivity index (χ0) is 13.7. The van der Waals surface area contributed by atoms with Crippen LogP contribution in [-0.4, -0.2) is 16.9 Å². The minimum absolute atomic E-state index is 0.0100. The first-order chi connectivity index (χ1) is 9.16. The lowest BCUT2D eigenvalue weighted by Gasteiger charge is -1.94. The van der Waals surface area contributed by atoms with Crippen LogP contribution in [0.15, 0.2) is 46.8 Å². The first-order valence-corrected chi connectivity index (χ1v) is 6.38. The van der Waals surface area contributed by atoms with Crippen LogP contribution >= 0.6 is 11.3 Å². The van der Waals surface area contributed by atoms with Gasteiger partial charge in [0, 0.05) is 24.8 Å². The van der Waals surface area contributed by atoms with Crippen molar-refractivity contribution in [3.8, 4) is 0 Å². The highest BCUT2D eigenvalue weighted by Crippen LogP contribution is 2.19. The Bertz CT molecular complexity index is 621. The second-order valence-corrected chi connectivity index (χ2v) is 4.64. The summed E-state index contributed by atoms with van der Waals surface area (Å²) in [5.41, 5.74) is 0.451. The predicted molar refractivity (Wildman–Crippen MR) is 74.5 cm³/mol. The van der Waals surface area contributed by atoms with Crippen molar-refractivity contribution in [1.29, 1.82) is 0 Å². The molecule has 0 spiro atoms. The summed E-state index contributed by atoms with van der Waals surface area (Å²) in [4.78, 5) is 26.5. The normalized spacial score (nSPS) is 10.7. The van der Waals surface area contributed by atoms with Crippen LogP contribution in [0.25, 0.3) is 0 Å². The molecule has 0 aliphatic rings. The van der Waals surface area contributed by atoms with Gasteiger partial charge in [0.1, 0.15) is 0 Å². The van der Waals surface area contributed by atoms with Gasteiger partial charge in [0.2, 0.25) is 0 Å². The maximum absolute atomic E-state index is 11.7. The van der Waals surface area contributed by atoms with Crippen LogP contribution in [0.1, 0.15) is 16.1 Å². The van der Waals surface area contributed by atoms with Gasteiger partial charge in [0.05, 0.1) is 15.5 Å². The Kier molecular flexibility index (Phi) is 4.15. The lowest BCUT2D eigenvalue weighted by molar-refractivity contribution is -0.384. The summed E-state index contributed by atoms with van der Waals surface area (Å²) in [7, 11) is 0. The van der Waals surface area contributed by atoms with Crippen LogP contribution in [0.3, 0.4) is 0 Å². The topological polar surface area (TPSA) is 72.6 Å². The zero-order valence-corrected chi connectivity index (χ0v) is 10.7. The maximum Gasteiger partial charge on any atom is 0.271 e. The Morgan fingerprint density at radius 2 is 2.21 bits per heavy atom. The van der Waals surface area contributed by atoms with Crippen LogP contribution < -0.4 is 0 Å². The number of benzene rings is 1. The smallest absolute Gasteiger partial charge is 0.271 e. The number of hydrogen-bond acceptors (Lipinski definition) is 5. The summed E-state index contributed by atoms with van der Waals surface area (Å²) in [6.07, 6.45) is 1.66. The number of nitrogens with zero attached hydrogens (tertiary/aromatic N) is 2. The summed E-state index contributed by atoms with van der Waals surface area (Å²) in [5, 5.41) is 12.4. The maximum atomic E-state index is 11.7. The van der Waals surface area contributed by atoms with Crippen molar-refractivity contribution in [2.75, 3.05) is 0 Å². The highest BCUT2D eigenvalue weighted by atomic mass is 32.1. The Labute approximate surface area is 113 Å². The molecular formula is C13H10N2O3S. The number of nitro benzene ring substituents is 1. The molecule has 0 unspecified atom stereocenters. The van der Waals surface area contributed by atoms with Crippen molar-refractivity contribution in [1.82, 2.24) is 0 Å². The third kappa shape index (κ3) is 3.56. The van der Waals surface area contributed by atoms with E-state index < -0.39 is 4.92 Å². The van der Waals surface area contributed by atoms with Gasteiger partial charge in [0.25, 0.3) is 5.69 Å². The number of aliphatic imine (C=N–C) groups is 1. The van der Waals surface area contributed by atoms with Gasteiger partial charge in [-0.1, -0.05) is 12.1 Å². The van der Waals surface area contributed by atoms with E-state index in [0.717, 1.165) is 0 Å². The van der Waals surface area contributed by atoms with Gasteiger partial charge in [-0.05, 0) is 17.5 Å². The molecule has 2 aromatic rings. The molecule has 1 aromatic heterocycles. The van der Waals surface area contributed by atoms with E-state index in [9.17, 15) is 14.9 Å². The summed E-state index contributed by atoms with van der Waals surface area (Å²) in [6.45, 7) is 0. The van der Waals surface area contributed by atoms with Gasteiger partial charge in [-0.3, -0.25) is 19.9 Å². The standard InChI is InChI=1S/C13H10N2O3S/c16-12(13-5-2-8-19-13)6-7-14-10-3-1-4-11(9-10)15(17)18/h1-5,7-9H,6H2. The van der Waals surface area contributed by atoms with Gasteiger partial charge < -0.3 is 0 Å². The van der Waals surface area contributed by atoms with E-state index in [1.54, 1.807) is 18.2 Å². The average Bonchev–Trinajstić information content (AvgIpc) is 2.93. The first kappa shape index (κ1) is 13.1. The molecule has 0 bridgehead atoms. The van der Waals surface area contributed by atoms with E-state index in [-0.39, 0.29) is 17.9 Å². The third-order valence-corrected chi connectivity index (χ3v) is 3.26. The molecule has 0 atom stereocenters. The number of nitro groups is 1. The van der Waals surface area contributed by atoms with Gasteiger partial charge >= 0.3 is 0 Å². The lowest BCUT2D eigenvalue weighted by atomic mass is 10.2. The van der Waals surface area contributed by atoms with E-state index in [2.05, 4.69) is 4.99 Å². The molecule has 0 radical (unpaired) electrons. The van der Waals surface area contributed by atoms with Crippen molar-refractivity contribution < 1.29 is 9.72 Å². The molecule has 0 amide bonds. The summed E-state index contributed by atoms with van der Waals surface area (Å²) in [6, 6.07) is 9.55. The number of non-ortho nitro benzene ring substituents is 1. The summed E-state index contributed by atoms with van der Waals surface area (Å²) < 4.78 is 0. The first-order valence-electron chi connectivity index (χ1n) is 5.50. The van der Waals surface area contributed by atoms with Crippen molar-refractivity contribution in [2.45, 2.75) is 6.42 Å². The highest BCUT2D eigenvalue weighted by Gasteiger charge is 2.06. The third-order valence-electron chi connectivity index (χ3n) is 2.35. The van der Waals surface area contributed by atoms with Crippen molar-refractivity contribution >= 4 is 34.7 Å². The van der Waals surface area contributed by atoms with Gasteiger partial charge in [-0.15, -0.1) is 11.3 Å². The Morgan fingerprint density at radius 1 is 1.37 bits per heavy atom. The molecule has 1 aromatic carbocycles. The van der Waals surface area contributed by atoms with Crippen molar-refractivity contribution in [3.05, 3.63) is 56.8 Å². The molecule has 5 nitrogen and oxygen atoms in total.